The van der Waals surface area contributed by atoms with Gasteiger partial charge in [0.15, 0.2) is 0 Å². The van der Waals surface area contributed by atoms with Crippen LogP contribution in [0.15, 0.2) is 24.3 Å². The van der Waals surface area contributed by atoms with Crippen molar-refractivity contribution in [1.82, 2.24) is 4.90 Å². The first kappa shape index (κ1) is 16.5. The minimum absolute atomic E-state index is 0.501. The number of nitrogens with zero attached hydrogens (tertiary/aromatic N) is 1. The smallest absolute Gasteiger partial charge is 0.409 e. The van der Waals surface area contributed by atoms with Crippen LogP contribution in [-0.4, -0.2) is 31.1 Å². The molecular weight excluding hydrogens is 252 g/mol. The molecule has 0 saturated carbocycles. The zero-order valence-corrected chi connectivity index (χ0v) is 12.8. The third-order valence-electron chi connectivity index (χ3n) is 3.61. The fourth-order valence-corrected chi connectivity index (χ4v) is 2.04. The Morgan fingerprint density at radius 1 is 1.20 bits per heavy atom. The average Bonchev–Trinajstić information content (AvgIpc) is 2.39. The van der Waals surface area contributed by atoms with Crippen molar-refractivity contribution in [3.63, 3.8) is 0 Å². The van der Waals surface area contributed by atoms with Gasteiger partial charge in [0.1, 0.15) is 5.75 Å². The molecule has 4 heteroatoms. The highest BCUT2D eigenvalue weighted by Gasteiger charge is 2.03. The van der Waals surface area contributed by atoms with E-state index in [9.17, 15) is 4.79 Å². The van der Waals surface area contributed by atoms with Gasteiger partial charge in [0, 0.05) is 6.04 Å². The first-order valence-electron chi connectivity index (χ1n) is 7.21. The van der Waals surface area contributed by atoms with E-state index in [4.69, 9.17) is 10.5 Å². The number of rotatable bonds is 8. The summed E-state index contributed by atoms with van der Waals surface area (Å²) >= 11 is 0. The van der Waals surface area contributed by atoms with Gasteiger partial charge in [-0.05, 0) is 58.0 Å². The molecule has 20 heavy (non-hydrogen) atoms. The first-order valence-corrected chi connectivity index (χ1v) is 7.21. The highest BCUT2D eigenvalue weighted by atomic mass is 16.5. The SMILES string of the molecule is CC(CCCCCc1ccc(OC(N)=O)cc1)N(C)C. The summed E-state index contributed by atoms with van der Waals surface area (Å²) in [6.07, 6.45) is 5.24. The van der Waals surface area contributed by atoms with Gasteiger partial charge in [-0.2, -0.15) is 0 Å². The standard InChI is InChI=1S/C16H26N2O2/c1-13(18(2)3)7-5-4-6-8-14-9-11-15(12-10-14)20-16(17)19/h9-13H,4-8H2,1-3H3,(H2,17,19). The number of primary amides is 1. The van der Waals surface area contributed by atoms with Crippen molar-refractivity contribution in [1.29, 1.82) is 0 Å². The summed E-state index contributed by atoms with van der Waals surface area (Å²) in [5, 5.41) is 0. The van der Waals surface area contributed by atoms with E-state index in [2.05, 4.69) is 25.9 Å². The highest BCUT2D eigenvalue weighted by molar-refractivity contribution is 5.67. The van der Waals surface area contributed by atoms with Crippen molar-refractivity contribution in [2.24, 2.45) is 5.73 Å². The van der Waals surface area contributed by atoms with Gasteiger partial charge in [0.05, 0.1) is 0 Å². The molecule has 1 rings (SSSR count). The quantitative estimate of drug-likeness (QED) is 0.743. The van der Waals surface area contributed by atoms with E-state index in [-0.39, 0.29) is 0 Å². The summed E-state index contributed by atoms with van der Waals surface area (Å²) in [5.41, 5.74) is 6.22. The summed E-state index contributed by atoms with van der Waals surface area (Å²) in [7, 11) is 4.25. The van der Waals surface area contributed by atoms with Crippen LogP contribution >= 0.6 is 0 Å². The number of hydrogen-bond donors (Lipinski definition) is 1. The lowest BCUT2D eigenvalue weighted by Crippen LogP contribution is -2.24. The molecule has 1 unspecified atom stereocenters. The molecule has 1 amide bonds. The van der Waals surface area contributed by atoms with Crippen LogP contribution in [0.5, 0.6) is 5.75 Å². The van der Waals surface area contributed by atoms with Gasteiger partial charge in [-0.3, -0.25) is 0 Å². The van der Waals surface area contributed by atoms with Gasteiger partial charge in [-0.25, -0.2) is 4.79 Å². The van der Waals surface area contributed by atoms with Gasteiger partial charge in [-0.15, -0.1) is 0 Å². The predicted molar refractivity (Wildman–Crippen MR) is 82.0 cm³/mol. The number of amides is 1. The number of ether oxygens (including phenoxy) is 1. The second kappa shape index (κ2) is 8.59. The highest BCUT2D eigenvalue weighted by Crippen LogP contribution is 2.15. The Morgan fingerprint density at radius 2 is 1.85 bits per heavy atom. The molecule has 0 aliphatic rings. The molecule has 2 N–H and O–H groups in total. The van der Waals surface area contributed by atoms with Gasteiger partial charge >= 0.3 is 6.09 Å². The molecule has 0 aliphatic carbocycles. The van der Waals surface area contributed by atoms with Crippen LogP contribution in [0, 0.1) is 0 Å². The van der Waals surface area contributed by atoms with Crippen molar-refractivity contribution in [3.05, 3.63) is 29.8 Å². The van der Waals surface area contributed by atoms with Gasteiger partial charge in [-0.1, -0.05) is 25.0 Å². The minimum Gasteiger partial charge on any atom is -0.411 e. The fraction of sp³-hybridized carbons (Fsp3) is 0.562. The van der Waals surface area contributed by atoms with Crippen LogP contribution in [-0.2, 0) is 6.42 Å². The van der Waals surface area contributed by atoms with Crippen molar-refractivity contribution in [2.75, 3.05) is 14.1 Å². The van der Waals surface area contributed by atoms with E-state index >= 15 is 0 Å². The van der Waals surface area contributed by atoms with Crippen molar-refractivity contribution in [3.8, 4) is 5.75 Å². The molecule has 0 aliphatic heterocycles. The van der Waals surface area contributed by atoms with Gasteiger partial charge in [0.2, 0.25) is 0 Å². The Labute approximate surface area is 121 Å². The van der Waals surface area contributed by atoms with E-state index in [1.807, 2.05) is 12.1 Å². The second-order valence-corrected chi connectivity index (χ2v) is 5.48. The Balaban J connectivity index is 2.20. The second-order valence-electron chi connectivity index (χ2n) is 5.48. The molecule has 112 valence electrons. The number of aryl methyl sites for hydroxylation is 1. The van der Waals surface area contributed by atoms with Crippen molar-refractivity contribution < 1.29 is 9.53 Å². The third kappa shape index (κ3) is 6.57. The van der Waals surface area contributed by atoms with Crippen LogP contribution in [0.1, 0.15) is 38.2 Å². The van der Waals surface area contributed by atoms with E-state index in [1.54, 1.807) is 12.1 Å². The normalized spacial score (nSPS) is 12.4. The summed E-state index contributed by atoms with van der Waals surface area (Å²) in [6, 6.07) is 8.20. The molecule has 4 nitrogen and oxygen atoms in total. The maximum Gasteiger partial charge on any atom is 0.409 e. The molecule has 0 radical (unpaired) electrons. The number of hydrogen-bond acceptors (Lipinski definition) is 3. The molecule has 1 aromatic carbocycles. The Kier molecular flexibility index (Phi) is 7.09. The van der Waals surface area contributed by atoms with Crippen molar-refractivity contribution in [2.45, 2.75) is 45.1 Å². The molecule has 0 bridgehead atoms. The van der Waals surface area contributed by atoms with Gasteiger partial charge < -0.3 is 15.4 Å². The molecular formula is C16H26N2O2. The van der Waals surface area contributed by atoms with Crippen LogP contribution in [0.3, 0.4) is 0 Å². The van der Waals surface area contributed by atoms with Crippen LogP contribution in [0.2, 0.25) is 0 Å². The lowest BCUT2D eigenvalue weighted by Gasteiger charge is -2.19. The molecule has 0 spiro atoms. The van der Waals surface area contributed by atoms with E-state index in [1.165, 1.54) is 31.2 Å². The van der Waals surface area contributed by atoms with Crippen molar-refractivity contribution >= 4 is 6.09 Å². The lowest BCUT2D eigenvalue weighted by molar-refractivity contribution is 0.211. The molecule has 0 aromatic heterocycles. The zero-order valence-electron chi connectivity index (χ0n) is 12.8. The maximum absolute atomic E-state index is 10.6. The number of benzene rings is 1. The average molecular weight is 278 g/mol. The monoisotopic (exact) mass is 278 g/mol. The molecule has 1 aromatic rings. The summed E-state index contributed by atoms with van der Waals surface area (Å²) in [4.78, 5) is 12.9. The van der Waals surface area contributed by atoms with E-state index < -0.39 is 6.09 Å². The maximum atomic E-state index is 10.6. The summed E-state index contributed by atoms with van der Waals surface area (Å²) in [6.45, 7) is 2.26. The molecule has 0 heterocycles. The molecule has 0 saturated heterocycles. The topological polar surface area (TPSA) is 55.6 Å². The Bertz CT molecular complexity index is 401. The van der Waals surface area contributed by atoms with Crippen LogP contribution in [0.4, 0.5) is 4.79 Å². The first-order chi connectivity index (χ1) is 9.49. The molecule has 0 fully saturated rings. The van der Waals surface area contributed by atoms with Gasteiger partial charge in [0.25, 0.3) is 0 Å². The largest absolute Gasteiger partial charge is 0.411 e. The molecule has 1 atom stereocenters. The lowest BCUT2D eigenvalue weighted by atomic mass is 10.0. The minimum atomic E-state index is -0.771. The number of carbonyl (C=O) groups is 1. The number of unbranched alkanes of at least 4 members (excludes halogenated alkanes) is 2. The number of carbonyl (C=O) groups excluding carboxylic acids is 1. The van der Waals surface area contributed by atoms with E-state index in [0.29, 0.717) is 11.8 Å². The van der Waals surface area contributed by atoms with E-state index in [0.717, 1.165) is 6.42 Å². The van der Waals surface area contributed by atoms with Crippen LogP contribution < -0.4 is 10.5 Å². The summed E-state index contributed by atoms with van der Waals surface area (Å²) < 4.78 is 4.80. The predicted octanol–water partition coefficient (Wildman–Crippen LogP) is 3.20. The fourth-order valence-electron chi connectivity index (χ4n) is 2.04. The number of nitrogens with two attached hydrogens (primary N) is 1. The Hall–Kier alpha value is -1.55. The summed E-state index contributed by atoms with van der Waals surface area (Å²) in [5.74, 6) is 0.501. The van der Waals surface area contributed by atoms with Crippen LogP contribution in [0.25, 0.3) is 0 Å². The Morgan fingerprint density at radius 3 is 2.40 bits per heavy atom. The third-order valence-corrected chi connectivity index (χ3v) is 3.61. The zero-order chi connectivity index (χ0) is 15.0.